The molecule has 28 heavy (non-hydrogen) atoms. The van der Waals surface area contributed by atoms with Crippen molar-refractivity contribution in [3.63, 3.8) is 0 Å². The average Bonchev–Trinajstić information content (AvgIpc) is 2.70. The highest BCUT2D eigenvalue weighted by molar-refractivity contribution is 5.90. The van der Waals surface area contributed by atoms with Gasteiger partial charge in [-0.1, -0.05) is 12.1 Å². The van der Waals surface area contributed by atoms with E-state index in [4.69, 9.17) is 13.9 Å². The number of esters is 2. The monoisotopic (exact) mass is 382 g/mol. The molecule has 3 rings (SSSR count). The summed E-state index contributed by atoms with van der Waals surface area (Å²) < 4.78 is 20.2. The minimum absolute atomic E-state index is 0.263. The summed E-state index contributed by atoms with van der Waals surface area (Å²) in [6.45, 7) is 1.67. The molecule has 0 amide bonds. The molecule has 0 aliphatic rings. The molecule has 0 aliphatic heterocycles. The molecule has 0 N–H and O–H groups in total. The SMILES string of the molecule is COC(=O)COC(=O)c1ccc(COc2ccc3c(C)cc(=O)oc3c2)cc1. The highest BCUT2D eigenvalue weighted by Gasteiger charge is 2.10. The number of rotatable bonds is 6. The first-order chi connectivity index (χ1) is 13.5. The van der Waals surface area contributed by atoms with Crippen LogP contribution in [0.3, 0.4) is 0 Å². The summed E-state index contributed by atoms with van der Waals surface area (Å²) >= 11 is 0. The van der Waals surface area contributed by atoms with E-state index >= 15 is 0 Å². The van der Waals surface area contributed by atoms with Crippen LogP contribution in [0.25, 0.3) is 11.0 Å². The summed E-state index contributed by atoms with van der Waals surface area (Å²) in [5.74, 6) is -0.680. The van der Waals surface area contributed by atoms with Crippen molar-refractivity contribution in [1.29, 1.82) is 0 Å². The molecule has 2 aromatic carbocycles. The molecule has 144 valence electrons. The molecule has 0 unspecified atom stereocenters. The topological polar surface area (TPSA) is 92.0 Å². The van der Waals surface area contributed by atoms with Gasteiger partial charge in [-0.2, -0.15) is 0 Å². The molecule has 7 nitrogen and oxygen atoms in total. The van der Waals surface area contributed by atoms with E-state index in [0.717, 1.165) is 16.5 Å². The third kappa shape index (κ3) is 4.56. The number of hydrogen-bond acceptors (Lipinski definition) is 7. The molecule has 7 heteroatoms. The Balaban J connectivity index is 1.63. The van der Waals surface area contributed by atoms with E-state index in [1.54, 1.807) is 36.4 Å². The lowest BCUT2D eigenvalue weighted by Gasteiger charge is -2.08. The molecule has 0 bridgehead atoms. The standard InChI is InChI=1S/C21H18O7/c1-13-9-19(22)28-18-10-16(7-8-17(13)18)26-11-14-3-5-15(6-4-14)21(24)27-12-20(23)25-2/h3-10H,11-12H2,1-2H3. The van der Waals surface area contributed by atoms with Gasteiger partial charge in [0.25, 0.3) is 0 Å². The zero-order valence-electron chi connectivity index (χ0n) is 15.4. The van der Waals surface area contributed by atoms with Gasteiger partial charge in [-0.3, -0.25) is 0 Å². The summed E-state index contributed by atoms with van der Waals surface area (Å²) in [4.78, 5) is 34.4. The molecule has 0 radical (unpaired) electrons. The molecule has 0 saturated carbocycles. The van der Waals surface area contributed by atoms with Gasteiger partial charge in [0, 0.05) is 17.5 Å². The fraction of sp³-hybridized carbons (Fsp3) is 0.190. The summed E-state index contributed by atoms with van der Waals surface area (Å²) in [5, 5.41) is 0.849. The fourth-order valence-corrected chi connectivity index (χ4v) is 2.57. The number of carbonyl (C=O) groups is 2. The van der Waals surface area contributed by atoms with Crippen molar-refractivity contribution in [3.05, 3.63) is 75.6 Å². The molecule has 0 spiro atoms. The van der Waals surface area contributed by atoms with Crippen molar-refractivity contribution >= 4 is 22.9 Å². The van der Waals surface area contributed by atoms with Crippen LogP contribution in [-0.2, 0) is 20.9 Å². The number of benzene rings is 2. The van der Waals surface area contributed by atoms with Crippen molar-refractivity contribution < 1.29 is 28.2 Å². The van der Waals surface area contributed by atoms with E-state index in [1.165, 1.54) is 13.2 Å². The van der Waals surface area contributed by atoms with Crippen LogP contribution in [-0.4, -0.2) is 25.7 Å². The van der Waals surface area contributed by atoms with E-state index in [2.05, 4.69) is 4.74 Å². The van der Waals surface area contributed by atoms with Gasteiger partial charge >= 0.3 is 17.6 Å². The Morgan fingerprint density at radius 3 is 2.50 bits per heavy atom. The van der Waals surface area contributed by atoms with E-state index < -0.39 is 24.2 Å². The van der Waals surface area contributed by atoms with Crippen molar-refractivity contribution in [1.82, 2.24) is 0 Å². The summed E-state index contributed by atoms with van der Waals surface area (Å²) in [5.41, 5.74) is 2.04. The summed E-state index contributed by atoms with van der Waals surface area (Å²) in [6, 6.07) is 13.4. The number of carbonyl (C=O) groups excluding carboxylic acids is 2. The van der Waals surface area contributed by atoms with Crippen molar-refractivity contribution in [2.24, 2.45) is 0 Å². The quantitative estimate of drug-likeness (QED) is 0.478. The van der Waals surface area contributed by atoms with Gasteiger partial charge in [-0.05, 0) is 42.3 Å². The van der Waals surface area contributed by atoms with Crippen LogP contribution in [0.1, 0.15) is 21.5 Å². The zero-order chi connectivity index (χ0) is 20.1. The Hall–Kier alpha value is -3.61. The molecule has 0 fully saturated rings. The van der Waals surface area contributed by atoms with Crippen LogP contribution in [0.4, 0.5) is 0 Å². The Morgan fingerprint density at radius 1 is 1.04 bits per heavy atom. The minimum Gasteiger partial charge on any atom is -0.489 e. The lowest BCUT2D eigenvalue weighted by atomic mass is 10.1. The van der Waals surface area contributed by atoms with Gasteiger partial charge in [0.15, 0.2) is 6.61 Å². The van der Waals surface area contributed by atoms with Gasteiger partial charge in [0.1, 0.15) is 17.9 Å². The van der Waals surface area contributed by atoms with Crippen LogP contribution >= 0.6 is 0 Å². The number of hydrogen-bond donors (Lipinski definition) is 0. The van der Waals surface area contributed by atoms with Crippen molar-refractivity contribution in [2.45, 2.75) is 13.5 Å². The highest BCUT2D eigenvalue weighted by Crippen LogP contribution is 2.23. The lowest BCUT2D eigenvalue weighted by molar-refractivity contribution is -0.144. The minimum atomic E-state index is -0.625. The van der Waals surface area contributed by atoms with E-state index in [-0.39, 0.29) is 6.61 Å². The van der Waals surface area contributed by atoms with Crippen LogP contribution in [0.5, 0.6) is 5.75 Å². The smallest absolute Gasteiger partial charge is 0.344 e. The maximum atomic E-state index is 11.8. The summed E-state index contributed by atoms with van der Waals surface area (Å²) in [7, 11) is 1.22. The van der Waals surface area contributed by atoms with E-state index in [9.17, 15) is 14.4 Å². The first kappa shape index (κ1) is 19.2. The zero-order valence-corrected chi connectivity index (χ0v) is 15.4. The van der Waals surface area contributed by atoms with E-state index in [1.807, 2.05) is 13.0 Å². The van der Waals surface area contributed by atoms with Gasteiger partial charge < -0.3 is 18.6 Å². The molecule has 1 heterocycles. The van der Waals surface area contributed by atoms with Gasteiger partial charge in [0.05, 0.1) is 12.7 Å². The molecule has 1 aromatic heterocycles. The number of aryl methyl sites for hydroxylation is 1. The normalized spacial score (nSPS) is 10.5. The van der Waals surface area contributed by atoms with Gasteiger partial charge in [-0.15, -0.1) is 0 Å². The third-order valence-corrected chi connectivity index (χ3v) is 4.07. The number of methoxy groups -OCH3 is 1. The second-order valence-corrected chi connectivity index (χ2v) is 6.04. The molecule has 0 aliphatic carbocycles. The van der Waals surface area contributed by atoms with Crippen LogP contribution in [0.2, 0.25) is 0 Å². The fourth-order valence-electron chi connectivity index (χ4n) is 2.57. The number of ether oxygens (including phenoxy) is 3. The Morgan fingerprint density at radius 2 is 1.79 bits per heavy atom. The second-order valence-electron chi connectivity index (χ2n) is 6.04. The maximum absolute atomic E-state index is 11.8. The van der Waals surface area contributed by atoms with E-state index in [0.29, 0.717) is 16.9 Å². The van der Waals surface area contributed by atoms with Gasteiger partial charge in [-0.25, -0.2) is 14.4 Å². The predicted octanol–water partition coefficient (Wildman–Crippen LogP) is 3.01. The largest absolute Gasteiger partial charge is 0.489 e. The predicted molar refractivity (Wildman–Crippen MR) is 100 cm³/mol. The van der Waals surface area contributed by atoms with Crippen molar-refractivity contribution in [3.8, 4) is 5.75 Å². The lowest BCUT2D eigenvalue weighted by Crippen LogP contribution is -2.15. The Bertz CT molecular complexity index is 1060. The molecular formula is C21H18O7. The maximum Gasteiger partial charge on any atom is 0.344 e. The Labute approximate surface area is 160 Å². The van der Waals surface area contributed by atoms with Crippen LogP contribution in [0, 0.1) is 6.92 Å². The summed E-state index contributed by atoms with van der Waals surface area (Å²) in [6.07, 6.45) is 0. The average molecular weight is 382 g/mol. The first-order valence-electron chi connectivity index (χ1n) is 8.46. The molecule has 0 saturated heterocycles. The molecular weight excluding hydrogens is 364 g/mol. The van der Waals surface area contributed by atoms with Crippen LogP contribution < -0.4 is 10.4 Å². The molecule has 0 atom stereocenters. The molecule has 3 aromatic rings. The van der Waals surface area contributed by atoms with Crippen molar-refractivity contribution in [2.75, 3.05) is 13.7 Å². The number of fused-ring (bicyclic) bond motifs is 1. The highest BCUT2D eigenvalue weighted by atomic mass is 16.6. The second kappa shape index (κ2) is 8.39. The third-order valence-electron chi connectivity index (χ3n) is 4.07. The Kier molecular flexibility index (Phi) is 5.74. The first-order valence-corrected chi connectivity index (χ1v) is 8.46. The van der Waals surface area contributed by atoms with Crippen LogP contribution in [0.15, 0.2) is 57.7 Å². The van der Waals surface area contributed by atoms with Gasteiger partial charge in [0.2, 0.25) is 0 Å².